The number of nitrogens with zero attached hydrogens (tertiary/aromatic N) is 1. The topological polar surface area (TPSA) is 55.8 Å². The van der Waals surface area contributed by atoms with Crippen LogP contribution in [0.5, 0.6) is 0 Å². The van der Waals surface area contributed by atoms with Crippen LogP contribution in [0.25, 0.3) is 11.1 Å². The van der Waals surface area contributed by atoms with Crippen molar-refractivity contribution in [3.63, 3.8) is 0 Å². The first-order chi connectivity index (χ1) is 16.4. The zero-order valence-corrected chi connectivity index (χ0v) is 21.9. The number of anilines is 1. The van der Waals surface area contributed by atoms with Crippen LogP contribution in [0.1, 0.15) is 52.7 Å². The van der Waals surface area contributed by atoms with Crippen molar-refractivity contribution in [2.45, 2.75) is 52.4 Å². The van der Waals surface area contributed by atoms with Crippen molar-refractivity contribution in [3.05, 3.63) is 89.3 Å². The highest BCUT2D eigenvalue weighted by molar-refractivity contribution is 6.06. The van der Waals surface area contributed by atoms with E-state index in [9.17, 15) is 9.59 Å². The smallest absolute Gasteiger partial charge is 0.355 e. The summed E-state index contributed by atoms with van der Waals surface area (Å²) < 4.78 is 10.1. The van der Waals surface area contributed by atoms with Crippen LogP contribution in [0.4, 0.5) is 5.69 Å². The van der Waals surface area contributed by atoms with Crippen molar-refractivity contribution in [3.8, 4) is 11.1 Å². The first-order valence-corrected chi connectivity index (χ1v) is 11.7. The van der Waals surface area contributed by atoms with Crippen LogP contribution in [0.2, 0.25) is 0 Å². The van der Waals surface area contributed by atoms with E-state index in [0.717, 1.165) is 22.4 Å². The van der Waals surface area contributed by atoms with Crippen molar-refractivity contribution in [1.82, 2.24) is 0 Å². The summed E-state index contributed by atoms with van der Waals surface area (Å²) in [5.41, 5.74) is 5.15. The number of allylic oxidation sites excluding steroid dienone is 2. The average molecular weight is 474 g/mol. The number of esters is 2. The monoisotopic (exact) mass is 473 g/mol. The lowest BCUT2D eigenvalue weighted by atomic mass is 9.84. The van der Waals surface area contributed by atoms with Gasteiger partial charge in [0.1, 0.15) is 5.70 Å². The number of carbonyl (C=O) groups is 2. The summed E-state index contributed by atoms with van der Waals surface area (Å²) in [5, 5.41) is 0. The molecule has 0 amide bonds. The molecule has 2 aromatic carbocycles. The van der Waals surface area contributed by atoms with Crippen LogP contribution in [-0.2, 0) is 29.9 Å². The predicted octanol–water partition coefficient (Wildman–Crippen LogP) is 6.44. The van der Waals surface area contributed by atoms with Crippen LogP contribution < -0.4 is 4.90 Å². The number of rotatable bonds is 4. The van der Waals surface area contributed by atoms with Crippen LogP contribution in [0.15, 0.2) is 78.2 Å². The molecule has 0 saturated heterocycles. The van der Waals surface area contributed by atoms with Crippen molar-refractivity contribution in [2.75, 3.05) is 19.1 Å². The van der Waals surface area contributed by atoms with Crippen LogP contribution in [0.3, 0.4) is 0 Å². The third-order valence-electron chi connectivity index (χ3n) is 6.07. The van der Waals surface area contributed by atoms with Crippen molar-refractivity contribution in [2.24, 2.45) is 0 Å². The summed E-state index contributed by atoms with van der Waals surface area (Å²) in [6.45, 7) is 13.0. The molecule has 1 heterocycles. The molecule has 0 fully saturated rings. The maximum atomic E-state index is 13.0. The number of ether oxygens (including phenoxy) is 2. The van der Waals surface area contributed by atoms with Crippen LogP contribution in [-0.4, -0.2) is 26.2 Å². The van der Waals surface area contributed by atoms with E-state index in [1.807, 2.05) is 0 Å². The van der Waals surface area contributed by atoms with E-state index in [1.165, 1.54) is 19.8 Å². The Labute approximate surface area is 208 Å². The van der Waals surface area contributed by atoms with E-state index < -0.39 is 11.9 Å². The lowest BCUT2D eigenvalue weighted by Crippen LogP contribution is -2.27. The van der Waals surface area contributed by atoms with E-state index >= 15 is 0 Å². The van der Waals surface area contributed by atoms with Crippen LogP contribution in [0, 0.1) is 0 Å². The van der Waals surface area contributed by atoms with E-state index in [2.05, 4.69) is 84.0 Å². The summed E-state index contributed by atoms with van der Waals surface area (Å²) in [6.07, 6.45) is 6.84. The highest BCUT2D eigenvalue weighted by atomic mass is 16.5. The Morgan fingerprint density at radius 2 is 1.31 bits per heavy atom. The second kappa shape index (κ2) is 9.95. The maximum Gasteiger partial charge on any atom is 0.355 e. The van der Waals surface area contributed by atoms with E-state index in [4.69, 9.17) is 9.47 Å². The molecule has 0 bridgehead atoms. The van der Waals surface area contributed by atoms with Gasteiger partial charge in [-0.2, -0.15) is 0 Å². The van der Waals surface area contributed by atoms with Gasteiger partial charge in [-0.1, -0.05) is 84.0 Å². The Balaban J connectivity index is 2.31. The molecule has 1 aliphatic rings. The van der Waals surface area contributed by atoms with Crippen molar-refractivity contribution < 1.29 is 19.1 Å². The van der Waals surface area contributed by atoms with Gasteiger partial charge in [0.2, 0.25) is 0 Å². The van der Waals surface area contributed by atoms with Gasteiger partial charge in [0.15, 0.2) is 0 Å². The minimum Gasteiger partial charge on any atom is -0.465 e. The van der Waals surface area contributed by atoms with Crippen molar-refractivity contribution >= 4 is 17.6 Å². The number of methoxy groups -OCH3 is 2. The molecule has 0 spiro atoms. The Morgan fingerprint density at radius 3 is 1.86 bits per heavy atom. The number of hydrogen-bond donors (Lipinski definition) is 0. The Kier molecular flexibility index (Phi) is 7.39. The van der Waals surface area contributed by atoms with E-state index in [-0.39, 0.29) is 22.1 Å². The molecule has 5 nitrogen and oxygen atoms in total. The molecule has 5 heteroatoms. The average Bonchev–Trinajstić information content (AvgIpc) is 3.04. The molecule has 0 aromatic heterocycles. The SMILES string of the molecule is COC(=O)C1=C(C(=O)OC)N(c2cc(C(C)(C)C)ccc2-c2ccc(C(C)(C)C)cc2)C=CC=C1. The normalized spacial score (nSPS) is 14.1. The fraction of sp³-hybridized carbons (Fsp3) is 0.333. The Bertz CT molecular complexity index is 1200. The van der Waals surface area contributed by atoms with E-state index in [1.54, 1.807) is 29.3 Å². The fourth-order valence-electron chi connectivity index (χ4n) is 3.94. The number of benzene rings is 2. The molecule has 0 radical (unpaired) electrons. The Hall–Kier alpha value is -3.60. The van der Waals surface area contributed by atoms with Gasteiger partial charge in [0.25, 0.3) is 0 Å². The summed E-state index contributed by atoms with van der Waals surface area (Å²) in [7, 11) is 2.60. The van der Waals surface area contributed by atoms with Gasteiger partial charge in [-0.15, -0.1) is 0 Å². The highest BCUT2D eigenvalue weighted by Gasteiger charge is 2.30. The largest absolute Gasteiger partial charge is 0.465 e. The molecular formula is C30H35NO4. The van der Waals surface area contributed by atoms with Gasteiger partial charge in [-0.05, 0) is 45.7 Å². The highest BCUT2D eigenvalue weighted by Crippen LogP contribution is 2.39. The first kappa shape index (κ1) is 26.0. The molecule has 1 aliphatic heterocycles. The molecular weight excluding hydrogens is 438 g/mol. The molecule has 184 valence electrons. The molecule has 3 rings (SSSR count). The van der Waals surface area contributed by atoms with Gasteiger partial charge < -0.3 is 14.4 Å². The van der Waals surface area contributed by atoms with Gasteiger partial charge in [0.05, 0.1) is 25.5 Å². The lowest BCUT2D eigenvalue weighted by molar-refractivity contribution is -0.139. The first-order valence-electron chi connectivity index (χ1n) is 11.7. The second-order valence-corrected chi connectivity index (χ2v) is 10.6. The predicted molar refractivity (Wildman–Crippen MR) is 141 cm³/mol. The Morgan fingerprint density at radius 1 is 0.743 bits per heavy atom. The molecule has 0 saturated carbocycles. The summed E-state index contributed by atoms with van der Waals surface area (Å²) in [5.74, 6) is -1.24. The molecule has 2 aromatic rings. The maximum absolute atomic E-state index is 13.0. The molecule has 0 unspecified atom stereocenters. The summed E-state index contributed by atoms with van der Waals surface area (Å²) in [6, 6.07) is 14.7. The van der Waals surface area contributed by atoms with Crippen LogP contribution >= 0.6 is 0 Å². The van der Waals surface area contributed by atoms with Gasteiger partial charge in [-0.25, -0.2) is 9.59 Å². The zero-order chi connectivity index (χ0) is 26.0. The summed E-state index contributed by atoms with van der Waals surface area (Å²) in [4.78, 5) is 27.4. The second-order valence-electron chi connectivity index (χ2n) is 10.6. The minimum absolute atomic E-state index is 0.0346. The van der Waals surface area contributed by atoms with Gasteiger partial charge in [0, 0.05) is 11.8 Å². The standard InChI is InChI=1S/C30H35NO4/c1-29(2,3)21-14-12-20(13-15-21)23-17-16-22(30(4,5)6)19-25(23)31-18-10-9-11-24(27(32)34-7)26(31)28(33)35-8/h9-19H,1-8H3. The quantitative estimate of drug-likeness (QED) is 0.479. The fourth-order valence-corrected chi connectivity index (χ4v) is 3.94. The zero-order valence-electron chi connectivity index (χ0n) is 21.9. The molecule has 0 aliphatic carbocycles. The number of hydrogen-bond acceptors (Lipinski definition) is 5. The summed E-state index contributed by atoms with van der Waals surface area (Å²) >= 11 is 0. The van der Waals surface area contributed by atoms with E-state index in [0.29, 0.717) is 0 Å². The number of carbonyl (C=O) groups excluding carboxylic acids is 2. The lowest BCUT2D eigenvalue weighted by Gasteiger charge is -2.28. The molecule has 0 atom stereocenters. The van der Waals surface area contributed by atoms with Gasteiger partial charge >= 0.3 is 11.9 Å². The third-order valence-corrected chi connectivity index (χ3v) is 6.07. The third kappa shape index (κ3) is 5.56. The van der Waals surface area contributed by atoms with Crippen molar-refractivity contribution in [1.29, 1.82) is 0 Å². The molecule has 0 N–H and O–H groups in total. The molecule has 35 heavy (non-hydrogen) atoms. The van der Waals surface area contributed by atoms with Gasteiger partial charge in [-0.3, -0.25) is 0 Å². The minimum atomic E-state index is -0.628.